The highest BCUT2D eigenvalue weighted by atomic mass is 16.3. The average molecular weight is 404 g/mol. The van der Waals surface area contributed by atoms with Crippen molar-refractivity contribution < 1.29 is 25.2 Å². The van der Waals surface area contributed by atoms with Crippen molar-refractivity contribution in [2.24, 2.45) is 0 Å². The van der Waals surface area contributed by atoms with Crippen molar-refractivity contribution in [3.05, 3.63) is 0 Å². The quantitative estimate of drug-likeness (QED) is 0.201. The van der Waals surface area contributed by atoms with Crippen molar-refractivity contribution in [2.45, 2.75) is 121 Å². The zero-order valence-corrected chi connectivity index (χ0v) is 17.9. The number of hydrogen-bond donors (Lipinski definition) is 5. The minimum atomic E-state index is -1.18. The number of hydrogen-bond acceptors (Lipinski definition) is 5. The molecule has 0 saturated carbocycles. The van der Waals surface area contributed by atoms with Crippen LogP contribution >= 0.6 is 0 Å². The van der Waals surface area contributed by atoms with Gasteiger partial charge in [-0.3, -0.25) is 4.79 Å². The number of unbranched alkanes of at least 4 members (excludes halogenated alkanes) is 11. The van der Waals surface area contributed by atoms with Gasteiger partial charge in [-0.1, -0.05) is 84.0 Å². The third kappa shape index (κ3) is 15.3. The third-order valence-corrected chi connectivity index (χ3v) is 5.26. The number of amides is 1. The Kier molecular flexibility index (Phi) is 19.1. The van der Waals surface area contributed by atoms with Crippen LogP contribution < -0.4 is 5.32 Å². The molecular formula is C22H45NO5. The molecule has 0 radical (unpaired) electrons. The molecule has 6 heteroatoms. The fourth-order valence-electron chi connectivity index (χ4n) is 3.39. The van der Waals surface area contributed by atoms with E-state index in [1.54, 1.807) is 0 Å². The molecule has 0 aliphatic carbocycles. The van der Waals surface area contributed by atoms with Gasteiger partial charge in [0.15, 0.2) is 0 Å². The first kappa shape index (κ1) is 27.3. The second-order valence-corrected chi connectivity index (χ2v) is 7.92. The standard InChI is InChI=1S/C22H45NO5/c1-2-3-4-5-6-7-8-9-10-11-12-13-15-20(26)22(28)19(18-25)23-21(27)16-14-17-24/h19-20,22,24-26,28H,2-18H2,1H3,(H,23,27). The zero-order chi connectivity index (χ0) is 21.0. The van der Waals surface area contributed by atoms with Crippen LogP contribution in [0.15, 0.2) is 0 Å². The Bertz CT molecular complexity index is 354. The molecule has 0 rings (SSSR count). The Labute approximate surface area is 171 Å². The van der Waals surface area contributed by atoms with E-state index in [0.29, 0.717) is 12.8 Å². The van der Waals surface area contributed by atoms with E-state index >= 15 is 0 Å². The van der Waals surface area contributed by atoms with E-state index in [1.807, 2.05) is 0 Å². The molecule has 1 amide bonds. The van der Waals surface area contributed by atoms with Crippen molar-refractivity contribution in [1.82, 2.24) is 5.32 Å². The van der Waals surface area contributed by atoms with E-state index in [9.17, 15) is 20.1 Å². The van der Waals surface area contributed by atoms with Gasteiger partial charge in [-0.2, -0.15) is 0 Å². The molecule has 3 atom stereocenters. The van der Waals surface area contributed by atoms with Gasteiger partial charge in [0.25, 0.3) is 0 Å². The van der Waals surface area contributed by atoms with Crippen LogP contribution in [0.1, 0.15) is 103 Å². The minimum absolute atomic E-state index is 0.0820. The number of nitrogens with one attached hydrogen (secondary N) is 1. The van der Waals surface area contributed by atoms with E-state index in [1.165, 1.54) is 57.8 Å². The number of carbonyl (C=O) groups excluding carboxylic acids is 1. The van der Waals surface area contributed by atoms with E-state index in [2.05, 4.69) is 12.2 Å². The summed E-state index contributed by atoms with van der Waals surface area (Å²) in [7, 11) is 0. The van der Waals surface area contributed by atoms with Gasteiger partial charge in [-0.15, -0.1) is 0 Å². The van der Waals surface area contributed by atoms with Crippen LogP contribution in [0.5, 0.6) is 0 Å². The minimum Gasteiger partial charge on any atom is -0.396 e. The topological polar surface area (TPSA) is 110 Å². The summed E-state index contributed by atoms with van der Waals surface area (Å²) in [5, 5.41) is 40.9. The van der Waals surface area contributed by atoms with E-state index in [-0.39, 0.29) is 18.9 Å². The molecule has 5 N–H and O–H groups in total. The summed E-state index contributed by atoms with van der Waals surface area (Å²) in [4.78, 5) is 11.6. The Morgan fingerprint density at radius 3 is 1.75 bits per heavy atom. The summed E-state index contributed by atoms with van der Waals surface area (Å²) in [6.07, 6.45) is 13.6. The van der Waals surface area contributed by atoms with Crippen molar-refractivity contribution in [3.8, 4) is 0 Å². The molecule has 0 aliphatic heterocycles. The maximum atomic E-state index is 11.6. The molecule has 0 saturated heterocycles. The smallest absolute Gasteiger partial charge is 0.220 e. The van der Waals surface area contributed by atoms with E-state index < -0.39 is 24.9 Å². The lowest BCUT2D eigenvalue weighted by Crippen LogP contribution is -2.50. The summed E-state index contributed by atoms with van der Waals surface area (Å²) in [6, 6.07) is -0.876. The van der Waals surface area contributed by atoms with Crippen LogP contribution in [-0.4, -0.2) is 57.8 Å². The highest BCUT2D eigenvalue weighted by Gasteiger charge is 2.26. The van der Waals surface area contributed by atoms with Crippen molar-refractivity contribution in [2.75, 3.05) is 13.2 Å². The number of aliphatic hydroxyl groups excluding tert-OH is 4. The molecule has 0 aromatic carbocycles. The first-order chi connectivity index (χ1) is 13.6. The third-order valence-electron chi connectivity index (χ3n) is 5.26. The monoisotopic (exact) mass is 403 g/mol. The van der Waals surface area contributed by atoms with Gasteiger partial charge >= 0.3 is 0 Å². The lowest BCUT2D eigenvalue weighted by atomic mass is 9.99. The average Bonchev–Trinajstić information content (AvgIpc) is 2.70. The molecule has 0 aromatic rings. The van der Waals surface area contributed by atoms with Crippen LogP contribution in [0.4, 0.5) is 0 Å². The summed E-state index contributed by atoms with van der Waals surface area (Å²) in [5.41, 5.74) is 0. The van der Waals surface area contributed by atoms with Gasteiger partial charge in [0.1, 0.15) is 6.10 Å². The van der Waals surface area contributed by atoms with Crippen LogP contribution in [0.25, 0.3) is 0 Å². The summed E-state index contributed by atoms with van der Waals surface area (Å²) < 4.78 is 0. The molecule has 0 bridgehead atoms. The number of aliphatic hydroxyl groups is 4. The molecule has 6 nitrogen and oxygen atoms in total. The first-order valence-electron chi connectivity index (χ1n) is 11.4. The Morgan fingerprint density at radius 1 is 0.786 bits per heavy atom. The lowest BCUT2D eigenvalue weighted by molar-refractivity contribution is -0.124. The second kappa shape index (κ2) is 19.6. The van der Waals surface area contributed by atoms with E-state index in [0.717, 1.165) is 19.3 Å². The molecular weight excluding hydrogens is 358 g/mol. The second-order valence-electron chi connectivity index (χ2n) is 7.92. The van der Waals surface area contributed by atoms with E-state index in [4.69, 9.17) is 5.11 Å². The predicted octanol–water partition coefficient (Wildman–Crippen LogP) is 3.05. The Balaban J connectivity index is 3.70. The van der Waals surface area contributed by atoms with Gasteiger partial charge in [-0.25, -0.2) is 0 Å². The summed E-state index contributed by atoms with van der Waals surface area (Å²) in [5.74, 6) is -0.343. The van der Waals surface area contributed by atoms with Gasteiger partial charge in [-0.05, 0) is 12.8 Å². The van der Waals surface area contributed by atoms with Crippen molar-refractivity contribution >= 4 is 5.91 Å². The van der Waals surface area contributed by atoms with Crippen molar-refractivity contribution in [3.63, 3.8) is 0 Å². The Morgan fingerprint density at radius 2 is 1.29 bits per heavy atom. The van der Waals surface area contributed by atoms with Gasteiger partial charge in [0, 0.05) is 13.0 Å². The number of carbonyl (C=O) groups is 1. The molecule has 0 aliphatic rings. The molecule has 0 heterocycles. The first-order valence-corrected chi connectivity index (χ1v) is 11.4. The SMILES string of the molecule is CCCCCCCCCCCCCCC(O)C(O)C(CO)NC(=O)CCCO. The molecule has 0 spiro atoms. The summed E-state index contributed by atoms with van der Waals surface area (Å²) in [6.45, 7) is 1.73. The fraction of sp³-hybridized carbons (Fsp3) is 0.955. The normalized spacial score (nSPS) is 14.6. The predicted molar refractivity (Wildman–Crippen MR) is 113 cm³/mol. The zero-order valence-electron chi connectivity index (χ0n) is 17.9. The maximum Gasteiger partial charge on any atom is 0.220 e. The molecule has 3 unspecified atom stereocenters. The highest BCUT2D eigenvalue weighted by molar-refractivity contribution is 5.76. The maximum absolute atomic E-state index is 11.6. The van der Waals surface area contributed by atoms with Crippen molar-refractivity contribution in [1.29, 1.82) is 0 Å². The molecule has 0 fully saturated rings. The van der Waals surface area contributed by atoms with Crippen LogP contribution in [-0.2, 0) is 4.79 Å². The van der Waals surface area contributed by atoms with Gasteiger partial charge in [0.05, 0.1) is 18.8 Å². The van der Waals surface area contributed by atoms with Gasteiger partial charge < -0.3 is 25.7 Å². The molecule has 28 heavy (non-hydrogen) atoms. The molecule has 168 valence electrons. The summed E-state index contributed by atoms with van der Waals surface area (Å²) >= 11 is 0. The lowest BCUT2D eigenvalue weighted by Gasteiger charge is -2.26. The van der Waals surface area contributed by atoms with Gasteiger partial charge in [0.2, 0.25) is 5.91 Å². The highest BCUT2D eigenvalue weighted by Crippen LogP contribution is 2.14. The van der Waals surface area contributed by atoms with Crippen LogP contribution in [0.3, 0.4) is 0 Å². The van der Waals surface area contributed by atoms with Crippen LogP contribution in [0, 0.1) is 0 Å². The largest absolute Gasteiger partial charge is 0.396 e. The molecule has 0 aromatic heterocycles. The van der Waals surface area contributed by atoms with Crippen LogP contribution in [0.2, 0.25) is 0 Å². The number of rotatable bonds is 20. The Hall–Kier alpha value is -0.690. The fourth-order valence-corrected chi connectivity index (χ4v) is 3.39.